The first-order valence-corrected chi connectivity index (χ1v) is 19.5. The largest absolute Gasteiger partial charge is 0.476 e. The van der Waals surface area contributed by atoms with Crippen LogP contribution < -0.4 is 4.74 Å². The molecule has 5 aromatic rings. The lowest BCUT2D eigenvalue weighted by Crippen LogP contribution is -2.39. The number of esters is 2. The fourth-order valence-corrected chi connectivity index (χ4v) is 6.63. The van der Waals surface area contributed by atoms with Gasteiger partial charge in [-0.1, -0.05) is 48.0 Å². The van der Waals surface area contributed by atoms with Crippen LogP contribution in [0.4, 0.5) is 4.39 Å². The molecule has 0 aliphatic rings. The van der Waals surface area contributed by atoms with E-state index >= 15 is 0 Å². The van der Waals surface area contributed by atoms with Gasteiger partial charge in [0.05, 0.1) is 31.8 Å². The van der Waals surface area contributed by atoms with E-state index in [1.54, 1.807) is 80.6 Å². The summed E-state index contributed by atoms with van der Waals surface area (Å²) in [7, 11) is 0. The smallest absolute Gasteiger partial charge is 0.349 e. The summed E-state index contributed by atoms with van der Waals surface area (Å²) in [6.07, 6.45) is 2.61. The minimum absolute atomic E-state index is 0.0693. The Morgan fingerprint density at radius 1 is 0.825 bits per heavy atom. The number of hydrogen-bond acceptors (Lipinski definition) is 8. The Bertz CT molecular complexity index is 2160. The summed E-state index contributed by atoms with van der Waals surface area (Å²) in [5.74, 6) is -1.21. The number of fused-ring (bicyclic) bond motifs is 1. The SMILES string of the molecule is CC(C)n1c(/C=C/C(O)CC(O)CC(=O)OCCCCCOC(=O)C(C)(C)Oc2ccc(C(=O)c3ccc(Cl)cc3)cc2)c(-c2ccc(F)cc2)c2ccccc21. The van der Waals surface area contributed by atoms with Crippen molar-refractivity contribution >= 4 is 46.3 Å². The molecule has 0 fully saturated rings. The van der Waals surface area contributed by atoms with Crippen molar-refractivity contribution in [3.8, 4) is 16.9 Å². The van der Waals surface area contributed by atoms with E-state index in [-0.39, 0.29) is 43.7 Å². The van der Waals surface area contributed by atoms with Crippen molar-refractivity contribution in [2.75, 3.05) is 13.2 Å². The Kier molecular flexibility index (Phi) is 14.8. The predicted octanol–water partition coefficient (Wildman–Crippen LogP) is 9.54. The molecule has 0 saturated carbocycles. The third-order valence-corrected chi connectivity index (χ3v) is 9.61. The summed E-state index contributed by atoms with van der Waals surface area (Å²) < 4.78 is 32.5. The van der Waals surface area contributed by atoms with Gasteiger partial charge < -0.3 is 29.0 Å². The van der Waals surface area contributed by atoms with E-state index in [9.17, 15) is 29.0 Å². The average Bonchev–Trinajstić information content (AvgIpc) is 3.51. The van der Waals surface area contributed by atoms with Gasteiger partial charge in [-0.15, -0.1) is 0 Å². The van der Waals surface area contributed by atoms with Crippen molar-refractivity contribution in [2.24, 2.45) is 0 Å². The summed E-state index contributed by atoms with van der Waals surface area (Å²) in [5, 5.41) is 22.9. The van der Waals surface area contributed by atoms with Crippen LogP contribution in [0.15, 0.2) is 103 Å². The lowest BCUT2D eigenvalue weighted by molar-refractivity contribution is -0.159. The zero-order chi connectivity index (χ0) is 41.1. The number of carbonyl (C=O) groups is 3. The van der Waals surface area contributed by atoms with Gasteiger partial charge in [-0.2, -0.15) is 0 Å². The van der Waals surface area contributed by atoms with Crippen LogP contribution in [0.25, 0.3) is 28.1 Å². The van der Waals surface area contributed by atoms with Gasteiger partial charge in [-0.3, -0.25) is 9.59 Å². The highest BCUT2D eigenvalue weighted by atomic mass is 35.5. The number of benzene rings is 4. The molecule has 2 N–H and O–H groups in total. The van der Waals surface area contributed by atoms with E-state index in [1.165, 1.54) is 12.1 Å². The number of hydrogen-bond donors (Lipinski definition) is 2. The fraction of sp³-hybridized carbons (Fsp3) is 0.326. The van der Waals surface area contributed by atoms with Gasteiger partial charge in [-0.25, -0.2) is 9.18 Å². The number of aliphatic hydroxyl groups excluding tert-OH is 2. The molecular weight excluding hydrogens is 749 g/mol. The molecule has 9 nitrogen and oxygen atoms in total. The molecule has 2 unspecified atom stereocenters. The van der Waals surface area contributed by atoms with Gasteiger partial charge in [0.15, 0.2) is 11.4 Å². The lowest BCUT2D eigenvalue weighted by Gasteiger charge is -2.24. The van der Waals surface area contributed by atoms with Gasteiger partial charge in [0, 0.05) is 50.8 Å². The molecule has 5 rings (SSSR count). The van der Waals surface area contributed by atoms with Crippen LogP contribution in [-0.2, 0) is 19.1 Å². The third-order valence-electron chi connectivity index (χ3n) is 9.36. The number of aromatic nitrogens is 1. The Morgan fingerprint density at radius 3 is 2.09 bits per heavy atom. The molecular formula is C46H49ClFNO8. The van der Waals surface area contributed by atoms with Crippen LogP contribution in [0.2, 0.25) is 5.02 Å². The van der Waals surface area contributed by atoms with Crippen LogP contribution in [0.3, 0.4) is 0 Å². The second kappa shape index (κ2) is 19.7. The number of unbranched alkanes of at least 4 members (excludes halogenated alkanes) is 2. The molecule has 0 bridgehead atoms. The van der Waals surface area contributed by atoms with Crippen LogP contribution in [0.5, 0.6) is 5.75 Å². The predicted molar refractivity (Wildman–Crippen MR) is 220 cm³/mol. The van der Waals surface area contributed by atoms with Crippen LogP contribution in [0.1, 0.15) is 87.5 Å². The number of rotatable bonds is 19. The van der Waals surface area contributed by atoms with Gasteiger partial charge in [-0.05, 0) is 125 Å². The van der Waals surface area contributed by atoms with Gasteiger partial charge in [0.1, 0.15) is 11.6 Å². The summed E-state index contributed by atoms with van der Waals surface area (Å²) in [6, 6.07) is 27.5. The quantitative estimate of drug-likeness (QED) is 0.0481. The highest BCUT2D eigenvalue weighted by Gasteiger charge is 2.32. The van der Waals surface area contributed by atoms with Crippen molar-refractivity contribution in [1.29, 1.82) is 0 Å². The molecule has 57 heavy (non-hydrogen) atoms. The molecule has 300 valence electrons. The minimum atomic E-state index is -1.28. The first-order valence-electron chi connectivity index (χ1n) is 19.1. The van der Waals surface area contributed by atoms with Gasteiger partial charge in [0.25, 0.3) is 0 Å². The molecule has 0 aliphatic carbocycles. The van der Waals surface area contributed by atoms with Crippen LogP contribution >= 0.6 is 11.6 Å². The molecule has 0 amide bonds. The van der Waals surface area contributed by atoms with Crippen molar-refractivity contribution < 1.29 is 43.2 Å². The number of ketones is 1. The highest BCUT2D eigenvalue weighted by Crippen LogP contribution is 2.38. The van der Waals surface area contributed by atoms with E-state index in [4.69, 9.17) is 25.8 Å². The number of para-hydroxylation sites is 1. The summed E-state index contributed by atoms with van der Waals surface area (Å²) in [5.41, 5.74) is 3.29. The molecule has 0 aliphatic heterocycles. The van der Waals surface area contributed by atoms with Crippen LogP contribution in [0, 0.1) is 5.82 Å². The minimum Gasteiger partial charge on any atom is -0.476 e. The molecule has 1 heterocycles. The second-order valence-corrected chi connectivity index (χ2v) is 15.1. The molecule has 1 aromatic heterocycles. The molecule has 4 aromatic carbocycles. The Hall–Kier alpha value is -5.29. The zero-order valence-electron chi connectivity index (χ0n) is 32.6. The van der Waals surface area contributed by atoms with Crippen LogP contribution in [-0.4, -0.2) is 63.5 Å². The topological polar surface area (TPSA) is 124 Å². The van der Waals surface area contributed by atoms with E-state index in [0.717, 1.165) is 27.7 Å². The lowest BCUT2D eigenvalue weighted by atomic mass is 10.0. The molecule has 0 radical (unpaired) electrons. The maximum atomic E-state index is 13.8. The monoisotopic (exact) mass is 797 g/mol. The summed E-state index contributed by atoms with van der Waals surface area (Å²) in [4.78, 5) is 37.9. The van der Waals surface area contributed by atoms with E-state index in [2.05, 4.69) is 18.4 Å². The standard InChI is InChI=1S/C46H49ClFNO8/c1-30(2)49-40-11-7-6-10-39(40)43(31-14-20-35(48)21-15-31)41(49)25-22-36(50)28-37(51)29-42(52)55-26-8-5-9-27-56-45(54)46(3,4)57-38-23-16-33(17-24-38)44(53)32-12-18-34(47)19-13-32/h6-7,10-25,30,36-37,50-51H,5,8-9,26-29H2,1-4H3/b25-22+. The molecule has 0 spiro atoms. The molecule has 2 atom stereocenters. The molecule has 11 heteroatoms. The number of carbonyl (C=O) groups excluding carboxylic acids is 3. The van der Waals surface area contributed by atoms with E-state index in [1.807, 2.05) is 30.3 Å². The second-order valence-electron chi connectivity index (χ2n) is 14.7. The fourth-order valence-electron chi connectivity index (χ4n) is 6.50. The van der Waals surface area contributed by atoms with Crippen molar-refractivity contribution in [2.45, 2.75) is 83.6 Å². The van der Waals surface area contributed by atoms with Crippen molar-refractivity contribution in [1.82, 2.24) is 4.57 Å². The van der Waals surface area contributed by atoms with Gasteiger partial charge >= 0.3 is 11.9 Å². The number of halogens is 2. The third kappa shape index (κ3) is 11.6. The number of aliphatic hydroxyl groups is 2. The first kappa shape index (κ1) is 42.8. The number of ether oxygens (including phenoxy) is 3. The summed E-state index contributed by atoms with van der Waals surface area (Å²) >= 11 is 5.91. The first-order chi connectivity index (χ1) is 27.2. The normalized spacial score (nSPS) is 12.9. The average molecular weight is 798 g/mol. The zero-order valence-corrected chi connectivity index (χ0v) is 33.4. The van der Waals surface area contributed by atoms with E-state index in [0.29, 0.717) is 41.2 Å². The summed E-state index contributed by atoms with van der Waals surface area (Å²) in [6.45, 7) is 7.62. The molecule has 0 saturated heterocycles. The Labute approximate surface area is 337 Å². The Morgan fingerprint density at radius 2 is 1.44 bits per heavy atom. The maximum Gasteiger partial charge on any atom is 0.349 e. The van der Waals surface area contributed by atoms with Crippen molar-refractivity contribution in [3.05, 3.63) is 131 Å². The van der Waals surface area contributed by atoms with Crippen molar-refractivity contribution in [3.63, 3.8) is 0 Å². The van der Waals surface area contributed by atoms with E-state index < -0.39 is 29.7 Å². The van der Waals surface area contributed by atoms with Gasteiger partial charge in [0.2, 0.25) is 0 Å². The Balaban J connectivity index is 1.01. The highest BCUT2D eigenvalue weighted by molar-refractivity contribution is 6.30. The maximum absolute atomic E-state index is 13.8. The number of nitrogens with zero attached hydrogens (tertiary/aromatic N) is 1.